The van der Waals surface area contributed by atoms with Crippen LogP contribution < -0.4 is 4.90 Å². The molecule has 1 aromatic heterocycles. The first kappa shape index (κ1) is 22.5. The largest absolute Gasteiger partial charge is 0.337 e. The number of thioether (sulfide) groups is 2. The van der Waals surface area contributed by atoms with Crippen molar-refractivity contribution in [3.05, 3.63) is 94.1 Å². The van der Waals surface area contributed by atoms with Gasteiger partial charge in [-0.2, -0.15) is 0 Å². The van der Waals surface area contributed by atoms with E-state index in [2.05, 4.69) is 27.0 Å². The Hall–Kier alpha value is -2.74. The molecule has 3 aromatic rings. The molecule has 2 aliphatic rings. The third kappa shape index (κ3) is 4.85. The molecule has 0 atom stereocenters. The number of likely N-dealkylation sites (N-methyl/N-ethyl adjacent to an activating group) is 1. The Bertz CT molecular complexity index is 1140. The van der Waals surface area contributed by atoms with Gasteiger partial charge in [0.25, 0.3) is 5.91 Å². The van der Waals surface area contributed by atoms with Crippen LogP contribution in [0, 0.1) is 0 Å². The van der Waals surface area contributed by atoms with Crippen LogP contribution in [0.4, 0.5) is 11.4 Å². The molecule has 5 rings (SSSR count). The quantitative estimate of drug-likeness (QED) is 0.396. The second kappa shape index (κ2) is 10.3. The van der Waals surface area contributed by atoms with E-state index in [-0.39, 0.29) is 5.91 Å². The summed E-state index contributed by atoms with van der Waals surface area (Å²) in [6.07, 6.45) is 3.50. The van der Waals surface area contributed by atoms with E-state index in [1.165, 1.54) is 11.8 Å². The Balaban J connectivity index is 0.000000354. The smallest absolute Gasteiger partial charge is 0.269 e. The monoisotopic (exact) mass is 480 g/mol. The van der Waals surface area contributed by atoms with Crippen molar-refractivity contribution in [1.82, 2.24) is 9.88 Å². The zero-order valence-electron chi connectivity index (χ0n) is 17.6. The summed E-state index contributed by atoms with van der Waals surface area (Å²) in [5.74, 6) is 0.00682. The number of hydrogen-bond acceptors (Lipinski definition) is 6. The number of anilines is 1. The van der Waals surface area contributed by atoms with E-state index in [9.17, 15) is 4.79 Å². The van der Waals surface area contributed by atoms with Crippen LogP contribution in [-0.4, -0.2) is 34.6 Å². The molecule has 0 unspecified atom stereocenters. The van der Waals surface area contributed by atoms with Crippen molar-refractivity contribution < 1.29 is 4.79 Å². The summed E-state index contributed by atoms with van der Waals surface area (Å²) in [5, 5.41) is 2.33. The molecule has 0 saturated carbocycles. The van der Waals surface area contributed by atoms with E-state index in [0.29, 0.717) is 16.7 Å². The van der Waals surface area contributed by atoms with Crippen molar-refractivity contribution in [3.63, 3.8) is 0 Å². The van der Waals surface area contributed by atoms with Gasteiger partial charge in [0.05, 0.1) is 16.4 Å². The first-order valence-corrected chi connectivity index (χ1v) is 12.0. The lowest BCUT2D eigenvalue weighted by Gasteiger charge is -2.15. The average Bonchev–Trinajstić information content (AvgIpc) is 3.33. The van der Waals surface area contributed by atoms with Crippen LogP contribution >= 0.6 is 35.1 Å². The molecule has 1 fully saturated rings. The highest BCUT2D eigenvalue weighted by Gasteiger charge is 2.38. The van der Waals surface area contributed by atoms with Crippen molar-refractivity contribution in [1.29, 1.82) is 0 Å². The molecular weight excluding hydrogens is 460 g/mol. The fourth-order valence-electron chi connectivity index (χ4n) is 3.14. The van der Waals surface area contributed by atoms with Crippen LogP contribution in [0.2, 0.25) is 5.02 Å². The van der Waals surface area contributed by atoms with Gasteiger partial charge in [0.15, 0.2) is 5.17 Å². The molecule has 0 radical (unpaired) electrons. The van der Waals surface area contributed by atoms with Gasteiger partial charge in [0, 0.05) is 35.9 Å². The number of nitrogens with zero attached hydrogens (tertiary/aromatic N) is 4. The summed E-state index contributed by atoms with van der Waals surface area (Å²) in [4.78, 5) is 27.1. The van der Waals surface area contributed by atoms with Crippen molar-refractivity contribution in [2.75, 3.05) is 18.5 Å². The molecule has 1 saturated heterocycles. The van der Waals surface area contributed by atoms with Crippen LogP contribution in [0.15, 0.2) is 98.9 Å². The Morgan fingerprint density at radius 1 is 0.969 bits per heavy atom. The zero-order chi connectivity index (χ0) is 22.5. The zero-order valence-corrected chi connectivity index (χ0v) is 20.0. The first-order valence-electron chi connectivity index (χ1n) is 10.0. The van der Waals surface area contributed by atoms with E-state index in [0.717, 1.165) is 26.2 Å². The van der Waals surface area contributed by atoms with Gasteiger partial charge in [-0.05, 0) is 67.2 Å². The molecule has 0 aliphatic carbocycles. The molecule has 2 aliphatic heterocycles. The molecule has 3 heterocycles. The highest BCUT2D eigenvalue weighted by Crippen LogP contribution is 2.49. The Kier molecular flexibility index (Phi) is 7.19. The molecule has 8 heteroatoms. The highest BCUT2D eigenvalue weighted by molar-refractivity contribution is 8.19. The van der Waals surface area contributed by atoms with E-state index in [4.69, 9.17) is 11.6 Å². The molecule has 0 spiro atoms. The maximum Gasteiger partial charge on any atom is 0.269 e. The third-order valence-electron chi connectivity index (χ3n) is 4.73. The van der Waals surface area contributed by atoms with E-state index in [1.807, 2.05) is 56.4 Å². The fourth-order valence-corrected chi connectivity index (χ4v) is 5.67. The van der Waals surface area contributed by atoms with Crippen LogP contribution in [0.5, 0.6) is 0 Å². The van der Waals surface area contributed by atoms with Gasteiger partial charge >= 0.3 is 0 Å². The lowest BCUT2D eigenvalue weighted by molar-refractivity contribution is -0.122. The summed E-state index contributed by atoms with van der Waals surface area (Å²) >= 11 is 9.01. The Morgan fingerprint density at radius 3 is 2.28 bits per heavy atom. The van der Waals surface area contributed by atoms with Crippen molar-refractivity contribution in [2.24, 2.45) is 4.99 Å². The molecule has 1 amide bonds. The number of para-hydroxylation sites is 1. The second-order valence-corrected chi connectivity index (χ2v) is 9.25. The maximum atomic E-state index is 13.0. The number of benzene rings is 2. The van der Waals surface area contributed by atoms with E-state index >= 15 is 0 Å². The predicted molar refractivity (Wildman–Crippen MR) is 135 cm³/mol. The van der Waals surface area contributed by atoms with Crippen molar-refractivity contribution >= 4 is 57.6 Å². The van der Waals surface area contributed by atoms with Crippen molar-refractivity contribution in [2.45, 2.75) is 11.8 Å². The topological polar surface area (TPSA) is 48.8 Å². The number of rotatable bonds is 2. The number of halogens is 1. The number of carbonyl (C=O) groups is 1. The molecular formula is C24H21ClN4OS2. The molecule has 0 bridgehead atoms. The molecule has 162 valence electrons. The third-order valence-corrected chi connectivity index (χ3v) is 7.41. The van der Waals surface area contributed by atoms with Crippen LogP contribution in [0.3, 0.4) is 0 Å². The SMILES string of the molecule is CCN1C(=O)/C(=C2/Sc3ccccc3N2C)SC1=Nc1ccc(Cl)cc1.c1ccncc1. The molecule has 2 aromatic carbocycles. The minimum atomic E-state index is 0.00682. The summed E-state index contributed by atoms with van der Waals surface area (Å²) < 4.78 is 0. The number of aromatic nitrogens is 1. The lowest BCUT2D eigenvalue weighted by atomic mass is 10.3. The minimum absolute atomic E-state index is 0.00682. The molecule has 32 heavy (non-hydrogen) atoms. The summed E-state index contributed by atoms with van der Waals surface area (Å²) in [7, 11) is 2.00. The number of hydrogen-bond donors (Lipinski definition) is 0. The number of aliphatic imine (C=N–C) groups is 1. The molecule has 0 N–H and O–H groups in total. The first-order chi connectivity index (χ1) is 15.6. The van der Waals surface area contributed by atoms with Gasteiger partial charge < -0.3 is 4.90 Å². The summed E-state index contributed by atoms with van der Waals surface area (Å²) in [6, 6.07) is 21.2. The van der Waals surface area contributed by atoms with Gasteiger partial charge in [0.2, 0.25) is 0 Å². The van der Waals surface area contributed by atoms with Crippen molar-refractivity contribution in [3.8, 4) is 0 Å². The minimum Gasteiger partial charge on any atom is -0.337 e. The highest BCUT2D eigenvalue weighted by atomic mass is 35.5. The van der Waals surface area contributed by atoms with E-state index in [1.54, 1.807) is 41.2 Å². The fraction of sp³-hybridized carbons (Fsp3) is 0.125. The number of fused-ring (bicyclic) bond motifs is 1. The Morgan fingerprint density at radius 2 is 1.69 bits per heavy atom. The molecule has 5 nitrogen and oxygen atoms in total. The van der Waals surface area contributed by atoms with Gasteiger partial charge in [-0.15, -0.1) is 0 Å². The maximum absolute atomic E-state index is 13.0. The summed E-state index contributed by atoms with van der Waals surface area (Å²) in [6.45, 7) is 2.54. The van der Waals surface area contributed by atoms with Gasteiger partial charge in [-0.1, -0.05) is 41.6 Å². The van der Waals surface area contributed by atoms with Gasteiger partial charge in [0.1, 0.15) is 4.91 Å². The standard InChI is InChI=1S/C19H16ClN3OS2.C5H5N/c1-3-23-17(24)16(18-22(2)14-6-4-5-7-15(14)25-18)26-19(23)21-13-10-8-12(20)9-11-13;1-2-4-6-5-3-1/h4-11H,3H2,1-2H3;1-5H/b18-16-,21-19?;. The Labute approximate surface area is 201 Å². The second-order valence-electron chi connectivity index (χ2n) is 6.81. The average molecular weight is 481 g/mol. The number of carbonyl (C=O) groups excluding carboxylic acids is 1. The van der Waals surface area contributed by atoms with Crippen LogP contribution in [0.25, 0.3) is 0 Å². The normalized spacial score (nSPS) is 18.6. The summed E-state index contributed by atoms with van der Waals surface area (Å²) in [5.41, 5.74) is 1.91. The predicted octanol–water partition coefficient (Wildman–Crippen LogP) is 6.42. The van der Waals surface area contributed by atoms with Gasteiger partial charge in [-0.25, -0.2) is 4.99 Å². The van der Waals surface area contributed by atoms with Crippen LogP contribution in [-0.2, 0) is 4.79 Å². The number of amides is 1. The van der Waals surface area contributed by atoms with E-state index < -0.39 is 0 Å². The number of amidine groups is 1. The lowest BCUT2D eigenvalue weighted by Crippen LogP contribution is -2.29. The number of pyridine rings is 1. The van der Waals surface area contributed by atoms with Gasteiger partial charge in [-0.3, -0.25) is 14.7 Å². The van der Waals surface area contributed by atoms with Crippen LogP contribution in [0.1, 0.15) is 6.92 Å².